The topological polar surface area (TPSA) is 64.6 Å². The van der Waals surface area contributed by atoms with Gasteiger partial charge < -0.3 is 14.4 Å². The van der Waals surface area contributed by atoms with Gasteiger partial charge in [0.2, 0.25) is 5.91 Å². The number of alkyl halides is 1. The molecule has 0 saturated carbocycles. The molecule has 0 aliphatic rings. The zero-order chi connectivity index (χ0) is 16.4. The van der Waals surface area contributed by atoms with Crippen LogP contribution in [0.2, 0.25) is 0 Å². The van der Waals surface area contributed by atoms with Crippen molar-refractivity contribution in [1.29, 1.82) is 0 Å². The minimum atomic E-state index is -3.38. The van der Waals surface area contributed by atoms with Crippen molar-refractivity contribution < 1.29 is 18.4 Å². The Kier molecular flexibility index (Phi) is 8.72. The molecule has 124 valence electrons. The average molecular weight is 348 g/mol. The summed E-state index contributed by atoms with van der Waals surface area (Å²) >= 11 is 5.91. The summed E-state index contributed by atoms with van der Waals surface area (Å²) in [5.74, 6) is -0.111. The van der Waals surface area contributed by atoms with Crippen molar-refractivity contribution in [2.24, 2.45) is 0 Å². The minimum absolute atomic E-state index is 0.228. The van der Waals surface area contributed by atoms with Gasteiger partial charge in [-0.25, -0.2) is 0 Å². The number of carbonyl (C=O) groups excluding carboxylic acids is 1. The molecule has 1 rings (SSSR count). The number of nitrogens with one attached hydrogen (secondary N) is 1. The largest absolute Gasteiger partial charge is 0.351 e. The maximum atomic E-state index is 12.3. The molecule has 1 aromatic carbocycles. The molecule has 0 aliphatic carbocycles. The standard InChI is InChI=1S/C15H23ClNO4P/c1-3-20-22(19,21-4-2)12-15(18)17-14(11-16)10-13-8-6-5-7-9-13/h5-9,14H,3-4,10-12H2,1-2H3,(H,17,18)/t14-/m0/s1. The molecule has 0 aliphatic heterocycles. The van der Waals surface area contributed by atoms with Gasteiger partial charge in [0.1, 0.15) is 6.16 Å². The van der Waals surface area contributed by atoms with Crippen LogP contribution >= 0.6 is 19.2 Å². The van der Waals surface area contributed by atoms with Crippen molar-refractivity contribution in [1.82, 2.24) is 5.32 Å². The highest BCUT2D eigenvalue weighted by Gasteiger charge is 2.28. The van der Waals surface area contributed by atoms with Gasteiger partial charge >= 0.3 is 7.60 Å². The molecule has 0 aromatic heterocycles. The Balaban J connectivity index is 2.58. The van der Waals surface area contributed by atoms with Gasteiger partial charge in [-0.1, -0.05) is 30.3 Å². The van der Waals surface area contributed by atoms with E-state index in [4.69, 9.17) is 20.6 Å². The molecule has 0 bridgehead atoms. The predicted molar refractivity (Wildman–Crippen MR) is 88.5 cm³/mol. The second-order valence-electron chi connectivity index (χ2n) is 4.71. The first-order chi connectivity index (χ1) is 10.5. The second kappa shape index (κ2) is 10.0. The second-order valence-corrected chi connectivity index (χ2v) is 7.08. The molecule has 5 nitrogen and oxygen atoms in total. The van der Waals surface area contributed by atoms with E-state index in [1.807, 2.05) is 30.3 Å². The number of hydrogen-bond donors (Lipinski definition) is 1. The first kappa shape index (κ1) is 19.2. The lowest BCUT2D eigenvalue weighted by atomic mass is 10.1. The summed E-state index contributed by atoms with van der Waals surface area (Å²) in [6, 6.07) is 9.50. The molecule has 1 atom stereocenters. The maximum Gasteiger partial charge on any atom is 0.340 e. The summed E-state index contributed by atoms with van der Waals surface area (Å²) in [5, 5.41) is 2.78. The van der Waals surface area contributed by atoms with Crippen molar-refractivity contribution in [2.45, 2.75) is 26.3 Å². The van der Waals surface area contributed by atoms with Crippen molar-refractivity contribution in [3.05, 3.63) is 35.9 Å². The summed E-state index contributed by atoms with van der Waals surface area (Å²) in [6.07, 6.45) is 0.320. The molecule has 1 aromatic rings. The van der Waals surface area contributed by atoms with Crippen LogP contribution in [0.3, 0.4) is 0 Å². The quantitative estimate of drug-likeness (QED) is 0.521. The minimum Gasteiger partial charge on any atom is -0.351 e. The highest BCUT2D eigenvalue weighted by molar-refractivity contribution is 7.54. The van der Waals surface area contributed by atoms with Crippen molar-refractivity contribution >= 4 is 25.1 Å². The van der Waals surface area contributed by atoms with Crippen LogP contribution in [0.4, 0.5) is 0 Å². The van der Waals surface area contributed by atoms with E-state index in [0.29, 0.717) is 6.42 Å². The third-order valence-electron chi connectivity index (χ3n) is 2.87. The number of carbonyl (C=O) groups is 1. The van der Waals surface area contributed by atoms with Crippen LogP contribution in [0.1, 0.15) is 19.4 Å². The molecular weight excluding hydrogens is 325 g/mol. The lowest BCUT2D eigenvalue weighted by Crippen LogP contribution is -2.39. The number of hydrogen-bond acceptors (Lipinski definition) is 4. The summed E-state index contributed by atoms with van der Waals surface area (Å²) in [5.41, 5.74) is 1.08. The third kappa shape index (κ3) is 6.93. The lowest BCUT2D eigenvalue weighted by molar-refractivity contribution is -0.119. The Morgan fingerprint density at radius 2 is 1.82 bits per heavy atom. The van der Waals surface area contributed by atoms with Crippen LogP contribution in [-0.2, 0) is 24.8 Å². The van der Waals surface area contributed by atoms with Gasteiger partial charge in [-0.05, 0) is 25.8 Å². The van der Waals surface area contributed by atoms with Gasteiger partial charge in [0.15, 0.2) is 0 Å². The van der Waals surface area contributed by atoms with Gasteiger partial charge in [0.25, 0.3) is 0 Å². The van der Waals surface area contributed by atoms with Crippen molar-refractivity contribution in [3.63, 3.8) is 0 Å². The van der Waals surface area contributed by atoms with E-state index < -0.39 is 7.60 Å². The molecule has 1 amide bonds. The Hall–Kier alpha value is -0.870. The van der Waals surface area contributed by atoms with E-state index in [1.165, 1.54) is 0 Å². The van der Waals surface area contributed by atoms with E-state index >= 15 is 0 Å². The van der Waals surface area contributed by atoms with Crippen molar-refractivity contribution in [3.8, 4) is 0 Å². The zero-order valence-corrected chi connectivity index (χ0v) is 14.6. The summed E-state index contributed by atoms with van der Waals surface area (Å²) in [7, 11) is -3.38. The maximum absolute atomic E-state index is 12.3. The zero-order valence-electron chi connectivity index (χ0n) is 13.0. The Morgan fingerprint density at radius 1 is 1.23 bits per heavy atom. The normalized spacial score (nSPS) is 12.9. The van der Waals surface area contributed by atoms with Gasteiger partial charge in [-0.3, -0.25) is 9.36 Å². The van der Waals surface area contributed by atoms with Crippen LogP contribution in [0.15, 0.2) is 30.3 Å². The Bertz CT molecular complexity index is 488. The molecule has 0 spiro atoms. The Morgan fingerprint density at radius 3 is 2.32 bits per heavy atom. The fraction of sp³-hybridized carbons (Fsp3) is 0.533. The van der Waals surface area contributed by atoms with Crippen LogP contribution in [-0.4, -0.2) is 37.2 Å². The number of amides is 1. The molecular formula is C15H23ClNO4P. The van der Waals surface area contributed by atoms with Gasteiger partial charge in [-0.15, -0.1) is 11.6 Å². The van der Waals surface area contributed by atoms with E-state index in [0.717, 1.165) is 5.56 Å². The first-order valence-corrected chi connectivity index (χ1v) is 9.56. The molecule has 7 heteroatoms. The van der Waals surface area contributed by atoms with E-state index in [2.05, 4.69) is 5.32 Å². The number of rotatable bonds is 10. The highest BCUT2D eigenvalue weighted by atomic mass is 35.5. The molecule has 1 N–H and O–H groups in total. The van der Waals surface area contributed by atoms with Gasteiger partial charge in [-0.2, -0.15) is 0 Å². The van der Waals surface area contributed by atoms with Gasteiger partial charge in [0, 0.05) is 11.9 Å². The summed E-state index contributed by atoms with van der Waals surface area (Å²) in [4.78, 5) is 12.1. The predicted octanol–water partition coefficient (Wildman–Crippen LogP) is 3.22. The van der Waals surface area contributed by atoms with Crippen molar-refractivity contribution in [2.75, 3.05) is 25.3 Å². The molecule has 22 heavy (non-hydrogen) atoms. The SMILES string of the molecule is CCOP(=O)(CC(=O)N[C@H](CCl)Cc1ccccc1)OCC. The van der Waals surface area contributed by atoms with E-state index in [9.17, 15) is 9.36 Å². The van der Waals surface area contributed by atoms with Crippen LogP contribution in [0.5, 0.6) is 0 Å². The van der Waals surface area contributed by atoms with Gasteiger partial charge in [0.05, 0.1) is 13.2 Å². The smallest absolute Gasteiger partial charge is 0.340 e. The lowest BCUT2D eigenvalue weighted by Gasteiger charge is -2.20. The van der Waals surface area contributed by atoms with Crippen LogP contribution in [0.25, 0.3) is 0 Å². The average Bonchev–Trinajstić information content (AvgIpc) is 2.47. The summed E-state index contributed by atoms with van der Waals surface area (Å²) < 4.78 is 22.5. The van der Waals surface area contributed by atoms with Crippen LogP contribution < -0.4 is 5.32 Å². The highest BCUT2D eigenvalue weighted by Crippen LogP contribution is 2.47. The van der Waals surface area contributed by atoms with E-state index in [1.54, 1.807) is 13.8 Å². The third-order valence-corrected chi connectivity index (χ3v) is 5.22. The summed E-state index contributed by atoms with van der Waals surface area (Å²) in [6.45, 7) is 3.88. The fourth-order valence-electron chi connectivity index (χ4n) is 2.01. The molecule has 0 fully saturated rings. The molecule has 0 saturated heterocycles. The fourth-order valence-corrected chi connectivity index (χ4v) is 3.69. The Labute approximate surface area is 136 Å². The van der Waals surface area contributed by atoms with Crippen LogP contribution in [0, 0.1) is 0 Å². The number of benzene rings is 1. The number of halogens is 1. The molecule has 0 unspecified atom stereocenters. The monoisotopic (exact) mass is 347 g/mol. The molecule has 0 heterocycles. The molecule has 0 radical (unpaired) electrons. The first-order valence-electron chi connectivity index (χ1n) is 7.30. The van der Waals surface area contributed by atoms with E-state index in [-0.39, 0.29) is 37.2 Å².